The van der Waals surface area contributed by atoms with E-state index in [2.05, 4.69) is 0 Å². The van der Waals surface area contributed by atoms with E-state index in [0.717, 1.165) is 12.8 Å². The van der Waals surface area contributed by atoms with Gasteiger partial charge in [-0.05, 0) is 18.8 Å². The fraction of sp³-hybridized carbons (Fsp3) is 0.700. The lowest BCUT2D eigenvalue weighted by Gasteiger charge is -2.20. The maximum atomic E-state index is 11.4. The van der Waals surface area contributed by atoms with Crippen LogP contribution in [0.15, 0.2) is 0 Å². The van der Waals surface area contributed by atoms with Gasteiger partial charge in [0.25, 0.3) is 0 Å². The summed E-state index contributed by atoms with van der Waals surface area (Å²) in [5.74, 6) is -0.00913. The van der Waals surface area contributed by atoms with Crippen LogP contribution in [0.1, 0.15) is 19.3 Å². The number of ether oxygens (including phenoxy) is 1. The van der Waals surface area contributed by atoms with Gasteiger partial charge in [0.1, 0.15) is 6.10 Å². The molecule has 0 aromatic heterocycles. The highest BCUT2D eigenvalue weighted by Crippen LogP contribution is 2.32. The molecule has 1 aliphatic carbocycles. The number of rotatable bonds is 3. The number of hydrogen-bond donors (Lipinski definition) is 2. The van der Waals surface area contributed by atoms with Crippen molar-refractivity contribution in [2.24, 2.45) is 5.92 Å². The topological polar surface area (TPSA) is 107 Å². The molecular formula is C10H14N2O6. The molecule has 0 aromatic carbocycles. The largest absolute Gasteiger partial charge is 0.464 e. The lowest BCUT2D eigenvalue weighted by molar-refractivity contribution is -0.148. The predicted octanol–water partition coefficient (Wildman–Crippen LogP) is 0.587. The van der Waals surface area contributed by atoms with E-state index >= 15 is 0 Å². The van der Waals surface area contributed by atoms with Crippen molar-refractivity contribution in [3.63, 3.8) is 0 Å². The molecule has 8 nitrogen and oxygen atoms in total. The predicted molar refractivity (Wildman–Crippen MR) is 56.7 cm³/mol. The smallest absolute Gasteiger partial charge is 0.426 e. The minimum absolute atomic E-state index is 0.141. The molecule has 2 fully saturated rings. The molecule has 0 unspecified atom stereocenters. The lowest BCUT2D eigenvalue weighted by atomic mass is 10.3. The second kappa shape index (κ2) is 4.71. The quantitative estimate of drug-likeness (QED) is 0.717. The summed E-state index contributed by atoms with van der Waals surface area (Å²) in [5, 5.41) is 18.9. The zero-order chi connectivity index (χ0) is 13.3. The number of amides is 2. The van der Waals surface area contributed by atoms with Gasteiger partial charge in [0.05, 0.1) is 13.1 Å². The van der Waals surface area contributed by atoms with Crippen LogP contribution in [0.25, 0.3) is 0 Å². The Kier molecular flexibility index (Phi) is 3.26. The van der Waals surface area contributed by atoms with Crippen molar-refractivity contribution in [3.05, 3.63) is 0 Å². The maximum Gasteiger partial charge on any atom is 0.426 e. The second-order valence-electron chi connectivity index (χ2n) is 4.49. The van der Waals surface area contributed by atoms with Crippen molar-refractivity contribution in [1.29, 1.82) is 0 Å². The standard InChI is InChI=1S/C10H14N2O6/c13-8(3-6-1-2-6)18-7-4-11(9(14)15)12(5-7)10(16)17/h6-7H,1-5H2,(H,14,15)(H,16,17). The molecule has 8 heteroatoms. The molecule has 0 radical (unpaired) electrons. The Labute approximate surface area is 103 Å². The van der Waals surface area contributed by atoms with Gasteiger partial charge in [-0.1, -0.05) is 0 Å². The van der Waals surface area contributed by atoms with E-state index in [1.807, 2.05) is 0 Å². The summed E-state index contributed by atoms with van der Waals surface area (Å²) in [6, 6.07) is 0. The van der Waals surface area contributed by atoms with Crippen molar-refractivity contribution >= 4 is 18.2 Å². The van der Waals surface area contributed by atoms with Crippen LogP contribution in [0, 0.1) is 5.92 Å². The average Bonchev–Trinajstić information content (AvgIpc) is 2.94. The summed E-state index contributed by atoms with van der Waals surface area (Å²) in [7, 11) is 0. The van der Waals surface area contributed by atoms with E-state index in [9.17, 15) is 14.4 Å². The SMILES string of the molecule is O=C(CC1CC1)OC1CN(C(=O)O)N(C(=O)O)C1. The monoisotopic (exact) mass is 258 g/mol. The molecule has 0 bridgehead atoms. The fourth-order valence-electron chi connectivity index (χ4n) is 1.87. The Hall–Kier alpha value is -1.99. The van der Waals surface area contributed by atoms with Crippen LogP contribution in [0.5, 0.6) is 0 Å². The molecule has 2 aliphatic rings. The number of carboxylic acid groups (broad SMARTS) is 2. The molecule has 0 atom stereocenters. The first kappa shape index (κ1) is 12.5. The summed E-state index contributed by atoms with van der Waals surface area (Å²) in [6.07, 6.45) is -1.11. The first-order valence-electron chi connectivity index (χ1n) is 5.67. The lowest BCUT2D eigenvalue weighted by Crippen LogP contribution is -2.43. The number of hydrazine groups is 1. The third-order valence-corrected chi connectivity index (χ3v) is 2.94. The van der Waals surface area contributed by atoms with Gasteiger partial charge in [-0.2, -0.15) is 0 Å². The molecule has 2 N–H and O–H groups in total. The van der Waals surface area contributed by atoms with Gasteiger partial charge < -0.3 is 14.9 Å². The number of carbonyl (C=O) groups is 3. The van der Waals surface area contributed by atoms with Gasteiger partial charge in [0.15, 0.2) is 0 Å². The highest BCUT2D eigenvalue weighted by Gasteiger charge is 2.39. The van der Waals surface area contributed by atoms with E-state index in [0.29, 0.717) is 22.4 Å². The second-order valence-corrected chi connectivity index (χ2v) is 4.49. The molecule has 0 aromatic rings. The van der Waals surface area contributed by atoms with Crippen molar-refractivity contribution in [3.8, 4) is 0 Å². The number of hydrogen-bond acceptors (Lipinski definition) is 4. The number of carbonyl (C=O) groups excluding carboxylic acids is 1. The molecule has 18 heavy (non-hydrogen) atoms. The van der Waals surface area contributed by atoms with Gasteiger partial charge in [0, 0.05) is 6.42 Å². The molecule has 1 saturated carbocycles. The Morgan fingerprint density at radius 1 is 1.06 bits per heavy atom. The minimum Gasteiger partial charge on any atom is -0.464 e. The summed E-state index contributed by atoms with van der Waals surface area (Å²) in [5.41, 5.74) is 0. The highest BCUT2D eigenvalue weighted by molar-refractivity contribution is 5.73. The molecule has 0 spiro atoms. The summed E-state index contributed by atoms with van der Waals surface area (Å²) in [4.78, 5) is 33.1. The summed E-state index contributed by atoms with van der Waals surface area (Å²) >= 11 is 0. The van der Waals surface area contributed by atoms with Gasteiger partial charge >= 0.3 is 18.2 Å². The van der Waals surface area contributed by atoms with Crippen LogP contribution in [-0.2, 0) is 9.53 Å². The first-order chi connectivity index (χ1) is 8.47. The zero-order valence-corrected chi connectivity index (χ0v) is 9.61. The Morgan fingerprint density at radius 2 is 1.56 bits per heavy atom. The Balaban J connectivity index is 1.88. The van der Waals surface area contributed by atoms with Crippen molar-refractivity contribution in [2.75, 3.05) is 13.1 Å². The Bertz CT molecular complexity index is 359. The molecule has 2 rings (SSSR count). The number of nitrogens with zero attached hydrogens (tertiary/aromatic N) is 2. The van der Waals surface area contributed by atoms with E-state index in [-0.39, 0.29) is 19.1 Å². The van der Waals surface area contributed by atoms with E-state index in [1.54, 1.807) is 0 Å². The van der Waals surface area contributed by atoms with E-state index in [4.69, 9.17) is 14.9 Å². The molecule has 1 heterocycles. The molecule has 1 saturated heterocycles. The van der Waals surface area contributed by atoms with Crippen LogP contribution in [-0.4, -0.2) is 57.6 Å². The molecule has 1 aliphatic heterocycles. The highest BCUT2D eigenvalue weighted by atomic mass is 16.5. The van der Waals surface area contributed by atoms with Crippen molar-refractivity contribution in [2.45, 2.75) is 25.4 Å². The van der Waals surface area contributed by atoms with Crippen molar-refractivity contribution < 1.29 is 29.3 Å². The molecule has 100 valence electrons. The van der Waals surface area contributed by atoms with Crippen LogP contribution in [0.4, 0.5) is 9.59 Å². The van der Waals surface area contributed by atoms with Gasteiger partial charge in [0.2, 0.25) is 0 Å². The number of esters is 1. The van der Waals surface area contributed by atoms with Crippen LogP contribution >= 0.6 is 0 Å². The zero-order valence-electron chi connectivity index (χ0n) is 9.61. The van der Waals surface area contributed by atoms with Crippen LogP contribution in [0.3, 0.4) is 0 Å². The normalized spacial score (nSPS) is 20.0. The first-order valence-corrected chi connectivity index (χ1v) is 5.67. The van der Waals surface area contributed by atoms with Gasteiger partial charge in [-0.3, -0.25) is 4.79 Å². The summed E-state index contributed by atoms with van der Waals surface area (Å²) < 4.78 is 5.07. The molecular weight excluding hydrogens is 244 g/mol. The average molecular weight is 258 g/mol. The van der Waals surface area contributed by atoms with Crippen LogP contribution < -0.4 is 0 Å². The van der Waals surface area contributed by atoms with Crippen molar-refractivity contribution in [1.82, 2.24) is 10.0 Å². The third kappa shape index (κ3) is 2.82. The van der Waals surface area contributed by atoms with Crippen LogP contribution in [0.2, 0.25) is 0 Å². The molecule has 2 amide bonds. The summed E-state index contributed by atoms with van der Waals surface area (Å²) in [6.45, 7) is -0.282. The fourth-order valence-corrected chi connectivity index (χ4v) is 1.87. The maximum absolute atomic E-state index is 11.4. The van der Waals surface area contributed by atoms with Gasteiger partial charge in [-0.25, -0.2) is 19.6 Å². The third-order valence-electron chi connectivity index (χ3n) is 2.94. The van der Waals surface area contributed by atoms with E-state index < -0.39 is 18.3 Å². The Morgan fingerprint density at radius 3 is 1.94 bits per heavy atom. The minimum atomic E-state index is -1.38. The van der Waals surface area contributed by atoms with Gasteiger partial charge in [-0.15, -0.1) is 0 Å². The van der Waals surface area contributed by atoms with E-state index in [1.165, 1.54) is 0 Å².